The van der Waals surface area contributed by atoms with Gasteiger partial charge in [0.2, 0.25) is 0 Å². The third-order valence-electron chi connectivity index (χ3n) is 5.07. The first-order valence-corrected chi connectivity index (χ1v) is 9.49. The van der Waals surface area contributed by atoms with Crippen LogP contribution in [0.3, 0.4) is 0 Å². The summed E-state index contributed by atoms with van der Waals surface area (Å²) < 4.78 is 7.44. The molecule has 0 unspecified atom stereocenters. The van der Waals surface area contributed by atoms with Gasteiger partial charge < -0.3 is 15.0 Å². The Hall–Kier alpha value is -2.33. The number of unbranched alkanes of at least 4 members (excludes halogenated alkanes) is 3. The molecule has 0 amide bonds. The fraction of sp³-hybridized carbons (Fsp3) is 0.409. The summed E-state index contributed by atoms with van der Waals surface area (Å²) in [4.78, 5) is 4.62. The molecule has 0 spiro atoms. The summed E-state index contributed by atoms with van der Waals surface area (Å²) in [5.74, 6) is 1.84. The fourth-order valence-electron chi connectivity index (χ4n) is 3.47. The number of hydrogen-bond donors (Lipinski definition) is 1. The van der Waals surface area contributed by atoms with Gasteiger partial charge in [-0.1, -0.05) is 50.8 Å². The van der Waals surface area contributed by atoms with Gasteiger partial charge in [-0.2, -0.15) is 0 Å². The van der Waals surface area contributed by atoms with Gasteiger partial charge in [-0.15, -0.1) is 0 Å². The van der Waals surface area contributed by atoms with Gasteiger partial charge in [-0.25, -0.2) is 4.98 Å². The number of ether oxygens (including phenoxy) is 1. The molecule has 4 heteroatoms. The van der Waals surface area contributed by atoms with Crippen molar-refractivity contribution in [3.8, 4) is 17.0 Å². The van der Waals surface area contributed by atoms with Crippen LogP contribution in [0.5, 0.6) is 5.75 Å². The predicted octanol–water partition coefficient (Wildman–Crippen LogP) is 5.22. The molecule has 0 aliphatic heterocycles. The lowest BCUT2D eigenvalue weighted by atomic mass is 10.0. The van der Waals surface area contributed by atoms with Crippen molar-refractivity contribution in [2.75, 3.05) is 7.11 Å². The first-order chi connectivity index (χ1) is 12.6. The SMILES string of the molecule is CCCCCC[C@H](N)c1ncc(-c2ccc3cc(OC)ccc3c2)n1C. The smallest absolute Gasteiger partial charge is 0.125 e. The lowest BCUT2D eigenvalue weighted by Crippen LogP contribution is -2.15. The quantitative estimate of drug-likeness (QED) is 0.566. The van der Waals surface area contributed by atoms with Crippen LogP contribution in [0.4, 0.5) is 0 Å². The Labute approximate surface area is 156 Å². The minimum Gasteiger partial charge on any atom is -0.497 e. The fourth-order valence-corrected chi connectivity index (χ4v) is 3.47. The summed E-state index contributed by atoms with van der Waals surface area (Å²) >= 11 is 0. The van der Waals surface area contributed by atoms with Crippen molar-refractivity contribution in [1.82, 2.24) is 9.55 Å². The van der Waals surface area contributed by atoms with E-state index in [1.165, 1.54) is 30.0 Å². The standard InChI is InChI=1S/C22H29N3O/c1-4-5-6-7-8-20(23)22-24-15-21(25(22)2)18-10-9-17-14-19(26-3)12-11-16(17)13-18/h9-15,20H,4-8,23H2,1-3H3/t20-/m0/s1. The van der Waals surface area contributed by atoms with Gasteiger partial charge in [0.1, 0.15) is 11.6 Å². The molecule has 138 valence electrons. The topological polar surface area (TPSA) is 53.1 Å². The van der Waals surface area contributed by atoms with Gasteiger partial charge in [0.25, 0.3) is 0 Å². The highest BCUT2D eigenvalue weighted by atomic mass is 16.5. The van der Waals surface area contributed by atoms with Gasteiger partial charge in [-0.05, 0) is 35.4 Å². The molecule has 0 saturated carbocycles. The van der Waals surface area contributed by atoms with Crippen LogP contribution in [0.15, 0.2) is 42.6 Å². The Morgan fingerprint density at radius 3 is 2.62 bits per heavy atom. The monoisotopic (exact) mass is 351 g/mol. The normalized spacial score (nSPS) is 12.5. The van der Waals surface area contributed by atoms with E-state index in [2.05, 4.69) is 53.9 Å². The second kappa shape index (κ2) is 8.37. The number of imidazole rings is 1. The molecule has 0 saturated heterocycles. The van der Waals surface area contributed by atoms with Crippen LogP contribution in [-0.4, -0.2) is 16.7 Å². The summed E-state index contributed by atoms with van der Waals surface area (Å²) in [6.07, 6.45) is 7.86. The van der Waals surface area contributed by atoms with Crippen LogP contribution >= 0.6 is 0 Å². The first-order valence-electron chi connectivity index (χ1n) is 9.49. The molecule has 0 fully saturated rings. The van der Waals surface area contributed by atoms with Gasteiger partial charge in [-0.3, -0.25) is 0 Å². The van der Waals surface area contributed by atoms with E-state index in [1.807, 2.05) is 12.3 Å². The molecule has 26 heavy (non-hydrogen) atoms. The Morgan fingerprint density at radius 2 is 1.85 bits per heavy atom. The first kappa shape index (κ1) is 18.5. The van der Waals surface area contributed by atoms with E-state index in [0.717, 1.165) is 35.7 Å². The molecule has 3 rings (SSSR count). The highest BCUT2D eigenvalue weighted by Gasteiger charge is 2.15. The van der Waals surface area contributed by atoms with Gasteiger partial charge >= 0.3 is 0 Å². The highest BCUT2D eigenvalue weighted by molar-refractivity contribution is 5.88. The molecule has 0 radical (unpaired) electrons. The number of rotatable bonds is 8. The molecular formula is C22H29N3O. The summed E-state index contributed by atoms with van der Waals surface area (Å²) in [6.45, 7) is 2.23. The third kappa shape index (κ3) is 3.91. The van der Waals surface area contributed by atoms with E-state index >= 15 is 0 Å². The molecule has 0 aliphatic carbocycles. The maximum Gasteiger partial charge on any atom is 0.125 e. The van der Waals surface area contributed by atoms with Crippen molar-refractivity contribution in [1.29, 1.82) is 0 Å². The Bertz CT molecular complexity index is 869. The lowest BCUT2D eigenvalue weighted by Gasteiger charge is -2.13. The Morgan fingerprint density at radius 1 is 1.08 bits per heavy atom. The summed E-state index contributed by atoms with van der Waals surface area (Å²) in [6, 6.07) is 12.6. The van der Waals surface area contributed by atoms with Crippen molar-refractivity contribution in [3.05, 3.63) is 48.4 Å². The van der Waals surface area contributed by atoms with Gasteiger partial charge in [0.05, 0.1) is 25.0 Å². The van der Waals surface area contributed by atoms with Crippen molar-refractivity contribution in [3.63, 3.8) is 0 Å². The molecule has 3 aromatic rings. The van der Waals surface area contributed by atoms with E-state index in [1.54, 1.807) is 7.11 Å². The second-order valence-electron chi connectivity index (χ2n) is 6.94. The summed E-state index contributed by atoms with van der Waals surface area (Å²) in [5, 5.41) is 2.36. The molecule has 0 aliphatic rings. The second-order valence-corrected chi connectivity index (χ2v) is 6.94. The van der Waals surface area contributed by atoms with Crippen LogP contribution in [0.2, 0.25) is 0 Å². The third-order valence-corrected chi connectivity index (χ3v) is 5.07. The maximum absolute atomic E-state index is 6.39. The van der Waals surface area contributed by atoms with E-state index in [9.17, 15) is 0 Å². The van der Waals surface area contributed by atoms with Gasteiger partial charge in [0.15, 0.2) is 0 Å². The molecular weight excluding hydrogens is 322 g/mol. The molecule has 1 atom stereocenters. The summed E-state index contributed by atoms with van der Waals surface area (Å²) in [5.41, 5.74) is 8.65. The zero-order valence-corrected chi connectivity index (χ0v) is 16.0. The van der Waals surface area contributed by atoms with Crippen LogP contribution < -0.4 is 10.5 Å². The number of benzene rings is 2. The molecule has 2 aromatic carbocycles. The Balaban J connectivity index is 1.81. The molecule has 1 heterocycles. The highest BCUT2D eigenvalue weighted by Crippen LogP contribution is 2.28. The van der Waals surface area contributed by atoms with Crippen LogP contribution in [-0.2, 0) is 7.05 Å². The predicted molar refractivity (Wildman–Crippen MR) is 108 cm³/mol. The average Bonchev–Trinajstić information content (AvgIpc) is 3.05. The summed E-state index contributed by atoms with van der Waals surface area (Å²) in [7, 11) is 3.75. The lowest BCUT2D eigenvalue weighted by molar-refractivity contribution is 0.415. The van der Waals surface area contributed by atoms with Crippen LogP contribution in [0.1, 0.15) is 50.9 Å². The number of methoxy groups -OCH3 is 1. The molecule has 4 nitrogen and oxygen atoms in total. The van der Waals surface area contributed by atoms with E-state index in [-0.39, 0.29) is 6.04 Å². The van der Waals surface area contributed by atoms with Crippen molar-refractivity contribution in [2.24, 2.45) is 12.8 Å². The largest absolute Gasteiger partial charge is 0.497 e. The van der Waals surface area contributed by atoms with E-state index in [0.29, 0.717) is 0 Å². The van der Waals surface area contributed by atoms with Crippen LogP contribution in [0.25, 0.3) is 22.0 Å². The maximum atomic E-state index is 6.39. The van der Waals surface area contributed by atoms with Crippen LogP contribution in [0, 0.1) is 0 Å². The van der Waals surface area contributed by atoms with Crippen molar-refractivity contribution < 1.29 is 4.74 Å². The minimum atomic E-state index is -0.00433. The minimum absolute atomic E-state index is 0.00433. The molecule has 2 N–H and O–H groups in total. The average molecular weight is 351 g/mol. The molecule has 0 bridgehead atoms. The van der Waals surface area contributed by atoms with Crippen molar-refractivity contribution in [2.45, 2.75) is 45.1 Å². The Kier molecular flexibility index (Phi) is 5.94. The van der Waals surface area contributed by atoms with Crippen molar-refractivity contribution >= 4 is 10.8 Å². The van der Waals surface area contributed by atoms with Gasteiger partial charge in [0, 0.05) is 12.6 Å². The zero-order valence-electron chi connectivity index (χ0n) is 16.0. The number of hydrogen-bond acceptors (Lipinski definition) is 3. The molecule has 1 aromatic heterocycles. The number of nitrogens with two attached hydrogens (primary N) is 1. The number of nitrogens with zero attached hydrogens (tertiary/aromatic N) is 2. The van der Waals surface area contributed by atoms with E-state index in [4.69, 9.17) is 10.5 Å². The zero-order chi connectivity index (χ0) is 18.5. The number of fused-ring (bicyclic) bond motifs is 1. The number of aromatic nitrogens is 2. The van der Waals surface area contributed by atoms with E-state index < -0.39 is 0 Å².